The van der Waals surface area contributed by atoms with E-state index in [2.05, 4.69) is 20.7 Å². The summed E-state index contributed by atoms with van der Waals surface area (Å²) in [5.41, 5.74) is 1.07. The summed E-state index contributed by atoms with van der Waals surface area (Å²) in [6, 6.07) is 6.93. The lowest BCUT2D eigenvalue weighted by atomic mass is 10.1. The van der Waals surface area contributed by atoms with Gasteiger partial charge in [0.15, 0.2) is 5.96 Å². The normalized spacial score (nSPS) is 11.8. The number of nitrogens with zero attached hydrogens (tertiary/aromatic N) is 3. The van der Waals surface area contributed by atoms with Crippen LogP contribution >= 0.6 is 24.0 Å². The van der Waals surface area contributed by atoms with Crippen molar-refractivity contribution in [3.8, 4) is 0 Å². The van der Waals surface area contributed by atoms with Crippen LogP contribution in [0.2, 0.25) is 0 Å². The highest BCUT2D eigenvalue weighted by Gasteiger charge is 2.29. The molecule has 9 heteroatoms. The fraction of sp³-hybridized carbons (Fsp3) is 0.333. The molecule has 0 amide bonds. The number of halogens is 4. The van der Waals surface area contributed by atoms with Crippen molar-refractivity contribution in [2.45, 2.75) is 19.3 Å². The van der Waals surface area contributed by atoms with E-state index < -0.39 is 11.7 Å². The maximum atomic E-state index is 12.5. The molecular formula is C15H19F3IN5. The first-order valence-corrected chi connectivity index (χ1v) is 6.97. The molecule has 0 fully saturated rings. The maximum absolute atomic E-state index is 12.5. The molecule has 0 radical (unpaired) electrons. The van der Waals surface area contributed by atoms with E-state index in [4.69, 9.17) is 0 Å². The Bertz CT molecular complexity index is 664. The zero-order valence-corrected chi connectivity index (χ0v) is 15.6. The molecule has 0 atom stereocenters. The molecule has 0 aliphatic carbocycles. The van der Waals surface area contributed by atoms with Crippen LogP contribution in [-0.2, 0) is 26.3 Å². The Hall–Kier alpha value is -1.78. The lowest BCUT2D eigenvalue weighted by molar-refractivity contribution is -0.137. The summed E-state index contributed by atoms with van der Waals surface area (Å²) < 4.78 is 39.3. The van der Waals surface area contributed by atoms with Gasteiger partial charge in [0.05, 0.1) is 17.8 Å². The van der Waals surface area contributed by atoms with E-state index in [9.17, 15) is 13.2 Å². The Balaban J connectivity index is 0.00000288. The summed E-state index contributed by atoms with van der Waals surface area (Å²) in [6.07, 6.45) is -2.61. The van der Waals surface area contributed by atoms with Crippen LogP contribution < -0.4 is 10.6 Å². The predicted molar refractivity (Wildman–Crippen MR) is 97.1 cm³/mol. The Morgan fingerprint density at radius 3 is 2.25 bits per heavy atom. The maximum Gasteiger partial charge on any atom is 0.416 e. The largest absolute Gasteiger partial charge is 0.416 e. The van der Waals surface area contributed by atoms with Gasteiger partial charge in [-0.25, -0.2) is 0 Å². The van der Waals surface area contributed by atoms with Gasteiger partial charge in [-0.1, -0.05) is 12.1 Å². The Morgan fingerprint density at radius 1 is 1.12 bits per heavy atom. The molecule has 5 nitrogen and oxygen atoms in total. The molecule has 0 saturated carbocycles. The highest BCUT2D eigenvalue weighted by atomic mass is 127. The molecule has 24 heavy (non-hydrogen) atoms. The lowest BCUT2D eigenvalue weighted by Gasteiger charge is -2.12. The topological polar surface area (TPSA) is 54.2 Å². The minimum atomic E-state index is -4.31. The van der Waals surface area contributed by atoms with Crippen LogP contribution in [0.15, 0.2) is 41.5 Å². The van der Waals surface area contributed by atoms with Crippen LogP contribution in [0, 0.1) is 0 Å². The van der Waals surface area contributed by atoms with Crippen LogP contribution in [0.4, 0.5) is 13.2 Å². The van der Waals surface area contributed by atoms with Crippen LogP contribution in [0.3, 0.4) is 0 Å². The summed E-state index contributed by atoms with van der Waals surface area (Å²) in [4.78, 5) is 4.07. The van der Waals surface area contributed by atoms with Crippen LogP contribution in [-0.4, -0.2) is 22.8 Å². The number of hydrogen-bond acceptors (Lipinski definition) is 2. The van der Waals surface area contributed by atoms with E-state index in [0.29, 0.717) is 19.0 Å². The first-order chi connectivity index (χ1) is 10.9. The average molecular weight is 453 g/mol. The molecule has 132 valence electrons. The second-order valence-corrected chi connectivity index (χ2v) is 4.92. The number of aliphatic imine (C=N–C) groups is 1. The van der Waals surface area contributed by atoms with Crippen molar-refractivity contribution in [1.82, 2.24) is 20.4 Å². The van der Waals surface area contributed by atoms with Gasteiger partial charge in [-0.2, -0.15) is 18.3 Å². The fourth-order valence-corrected chi connectivity index (χ4v) is 1.97. The Morgan fingerprint density at radius 2 is 1.75 bits per heavy atom. The molecule has 2 rings (SSSR count). The van der Waals surface area contributed by atoms with Gasteiger partial charge in [0.2, 0.25) is 0 Å². The summed E-state index contributed by atoms with van der Waals surface area (Å²) in [5, 5.41) is 10.2. The number of aryl methyl sites for hydroxylation is 1. The monoisotopic (exact) mass is 453 g/mol. The number of nitrogens with one attached hydrogen (secondary N) is 2. The molecule has 1 aromatic heterocycles. The second kappa shape index (κ2) is 8.90. The molecule has 0 aliphatic heterocycles. The van der Waals surface area contributed by atoms with Gasteiger partial charge in [0.1, 0.15) is 0 Å². The van der Waals surface area contributed by atoms with E-state index in [1.165, 1.54) is 12.1 Å². The highest BCUT2D eigenvalue weighted by molar-refractivity contribution is 14.0. The van der Waals surface area contributed by atoms with E-state index >= 15 is 0 Å². The molecule has 0 spiro atoms. The van der Waals surface area contributed by atoms with Crippen molar-refractivity contribution in [1.29, 1.82) is 0 Å². The van der Waals surface area contributed by atoms with Crippen molar-refractivity contribution >= 4 is 29.9 Å². The van der Waals surface area contributed by atoms with Gasteiger partial charge >= 0.3 is 6.18 Å². The van der Waals surface area contributed by atoms with Crippen LogP contribution in [0.1, 0.15) is 16.8 Å². The van der Waals surface area contributed by atoms with Crippen molar-refractivity contribution < 1.29 is 13.2 Å². The van der Waals surface area contributed by atoms with Crippen LogP contribution in [0.5, 0.6) is 0 Å². The third-order valence-electron chi connectivity index (χ3n) is 3.32. The number of hydrogen-bond donors (Lipinski definition) is 2. The molecule has 0 aliphatic rings. The van der Waals surface area contributed by atoms with E-state index in [0.717, 1.165) is 23.4 Å². The minimum Gasteiger partial charge on any atom is -0.352 e. The van der Waals surface area contributed by atoms with E-state index in [1.54, 1.807) is 17.9 Å². The molecule has 0 saturated heterocycles. The Kier molecular flexibility index (Phi) is 7.52. The first kappa shape index (κ1) is 20.3. The minimum absolute atomic E-state index is 0. The summed E-state index contributed by atoms with van der Waals surface area (Å²) >= 11 is 0. The number of alkyl halides is 3. The van der Waals surface area contributed by atoms with Crippen molar-refractivity contribution in [3.63, 3.8) is 0 Å². The lowest BCUT2D eigenvalue weighted by Crippen LogP contribution is -2.36. The van der Waals surface area contributed by atoms with Gasteiger partial charge < -0.3 is 10.6 Å². The second-order valence-electron chi connectivity index (χ2n) is 4.92. The number of guanidine groups is 1. The average Bonchev–Trinajstić information content (AvgIpc) is 2.92. The van der Waals surface area contributed by atoms with Gasteiger partial charge in [-0.05, 0) is 23.8 Å². The zero-order valence-electron chi connectivity index (χ0n) is 13.3. The smallest absolute Gasteiger partial charge is 0.352 e. The molecular weight excluding hydrogens is 434 g/mol. The molecule has 1 heterocycles. The first-order valence-electron chi connectivity index (χ1n) is 6.97. The zero-order chi connectivity index (χ0) is 16.9. The molecule has 0 unspecified atom stereocenters. The summed E-state index contributed by atoms with van der Waals surface area (Å²) in [5.74, 6) is 0.561. The molecule has 2 aromatic rings. The van der Waals surface area contributed by atoms with Gasteiger partial charge in [-0.3, -0.25) is 9.67 Å². The number of rotatable bonds is 4. The SMILES string of the molecule is CN=C(NCc1ccc(C(F)(F)F)cc1)NCc1ccnn1C.I. The standard InChI is InChI=1S/C15H18F3N5.HI/c1-19-14(21-10-13-7-8-22-23(13)2)20-9-11-3-5-12(6-4-11)15(16,17)18;/h3-8H,9-10H2,1-2H3,(H2,19,20,21);1H. The third-order valence-corrected chi connectivity index (χ3v) is 3.32. The highest BCUT2D eigenvalue weighted by Crippen LogP contribution is 2.28. The summed E-state index contributed by atoms with van der Waals surface area (Å²) in [7, 11) is 3.47. The number of aromatic nitrogens is 2. The number of benzene rings is 1. The van der Waals surface area contributed by atoms with Crippen molar-refractivity contribution in [2.24, 2.45) is 12.0 Å². The summed E-state index contributed by atoms with van der Waals surface area (Å²) in [6.45, 7) is 0.923. The van der Waals surface area contributed by atoms with E-state index in [1.807, 2.05) is 13.1 Å². The van der Waals surface area contributed by atoms with Crippen molar-refractivity contribution in [3.05, 3.63) is 53.3 Å². The van der Waals surface area contributed by atoms with Gasteiger partial charge in [0.25, 0.3) is 0 Å². The predicted octanol–water partition coefficient (Wildman–Crippen LogP) is 2.92. The third kappa shape index (κ3) is 5.69. The van der Waals surface area contributed by atoms with E-state index in [-0.39, 0.29) is 24.0 Å². The molecule has 2 N–H and O–H groups in total. The molecule has 0 bridgehead atoms. The fourth-order valence-electron chi connectivity index (χ4n) is 1.97. The van der Waals surface area contributed by atoms with Gasteiger partial charge in [-0.15, -0.1) is 24.0 Å². The van der Waals surface area contributed by atoms with Crippen LogP contribution in [0.25, 0.3) is 0 Å². The van der Waals surface area contributed by atoms with Gasteiger partial charge in [0, 0.05) is 26.8 Å². The van der Waals surface area contributed by atoms with Crippen molar-refractivity contribution in [2.75, 3.05) is 7.05 Å². The molecule has 1 aromatic carbocycles. The quantitative estimate of drug-likeness (QED) is 0.426. The Labute approximate surface area is 155 Å².